The molecule has 0 amide bonds. The summed E-state index contributed by atoms with van der Waals surface area (Å²) in [5, 5.41) is 3.47. The van der Waals surface area contributed by atoms with Crippen LogP contribution in [0, 0.1) is 5.92 Å². The highest BCUT2D eigenvalue weighted by molar-refractivity contribution is 4.65. The van der Waals surface area contributed by atoms with Crippen LogP contribution in [0.2, 0.25) is 0 Å². The largest absolute Gasteiger partial charge is 0.381 e. The number of rotatable bonds is 7. The van der Waals surface area contributed by atoms with E-state index in [4.69, 9.17) is 9.47 Å². The maximum absolute atomic E-state index is 5.47. The molecule has 1 heterocycles. The zero-order chi connectivity index (χ0) is 10.9. The molecule has 1 unspecified atom stereocenters. The van der Waals surface area contributed by atoms with Crippen molar-refractivity contribution in [3.05, 3.63) is 0 Å². The second kappa shape index (κ2) is 8.08. The van der Waals surface area contributed by atoms with Crippen molar-refractivity contribution in [1.82, 2.24) is 5.32 Å². The Morgan fingerprint density at radius 2 is 2.33 bits per heavy atom. The van der Waals surface area contributed by atoms with Gasteiger partial charge >= 0.3 is 0 Å². The van der Waals surface area contributed by atoms with Crippen molar-refractivity contribution in [3.8, 4) is 0 Å². The Morgan fingerprint density at radius 3 is 3.00 bits per heavy atom. The molecule has 90 valence electrons. The third kappa shape index (κ3) is 6.88. The van der Waals surface area contributed by atoms with Crippen molar-refractivity contribution < 1.29 is 9.47 Å². The lowest BCUT2D eigenvalue weighted by atomic mass is 10.0. The van der Waals surface area contributed by atoms with Crippen LogP contribution < -0.4 is 5.32 Å². The molecule has 1 N–H and O–H groups in total. The van der Waals surface area contributed by atoms with Crippen LogP contribution in [0.25, 0.3) is 0 Å². The molecule has 1 saturated heterocycles. The SMILES string of the molecule is CC(C)OCCCNCC1CCCOC1. The Balaban J connectivity index is 1.83. The van der Waals surface area contributed by atoms with Crippen molar-refractivity contribution in [2.24, 2.45) is 5.92 Å². The zero-order valence-corrected chi connectivity index (χ0v) is 10.1. The van der Waals surface area contributed by atoms with Crippen LogP contribution in [0.5, 0.6) is 0 Å². The molecule has 0 radical (unpaired) electrons. The molecule has 3 heteroatoms. The lowest BCUT2D eigenvalue weighted by Gasteiger charge is -2.22. The van der Waals surface area contributed by atoms with Crippen LogP contribution >= 0.6 is 0 Å². The fourth-order valence-electron chi connectivity index (χ4n) is 1.79. The van der Waals surface area contributed by atoms with Gasteiger partial charge in [0.15, 0.2) is 0 Å². The van der Waals surface area contributed by atoms with Crippen molar-refractivity contribution >= 4 is 0 Å². The van der Waals surface area contributed by atoms with Crippen LogP contribution in [0.1, 0.15) is 33.1 Å². The van der Waals surface area contributed by atoms with Gasteiger partial charge in [-0.3, -0.25) is 0 Å². The maximum Gasteiger partial charge on any atom is 0.0518 e. The second-order valence-electron chi connectivity index (χ2n) is 4.56. The van der Waals surface area contributed by atoms with Gasteiger partial charge in [0, 0.05) is 19.8 Å². The fraction of sp³-hybridized carbons (Fsp3) is 1.00. The lowest BCUT2D eigenvalue weighted by molar-refractivity contribution is 0.0537. The van der Waals surface area contributed by atoms with Crippen LogP contribution in [0.3, 0.4) is 0 Å². The van der Waals surface area contributed by atoms with Gasteiger partial charge in [-0.1, -0.05) is 0 Å². The van der Waals surface area contributed by atoms with Crippen molar-refractivity contribution in [1.29, 1.82) is 0 Å². The molecule has 1 rings (SSSR count). The molecule has 1 atom stereocenters. The molecule has 3 nitrogen and oxygen atoms in total. The van der Waals surface area contributed by atoms with E-state index in [0.29, 0.717) is 6.10 Å². The molecule has 1 fully saturated rings. The average Bonchev–Trinajstić information content (AvgIpc) is 2.24. The Bertz CT molecular complexity index is 145. The van der Waals surface area contributed by atoms with Gasteiger partial charge < -0.3 is 14.8 Å². The number of hydrogen-bond donors (Lipinski definition) is 1. The van der Waals surface area contributed by atoms with Gasteiger partial charge in [-0.2, -0.15) is 0 Å². The molecule has 15 heavy (non-hydrogen) atoms. The normalized spacial score (nSPS) is 22.2. The molecule has 1 aliphatic rings. The van der Waals surface area contributed by atoms with Crippen LogP contribution in [0.15, 0.2) is 0 Å². The van der Waals surface area contributed by atoms with Crippen molar-refractivity contribution in [2.75, 3.05) is 32.9 Å². The summed E-state index contributed by atoms with van der Waals surface area (Å²) >= 11 is 0. The summed E-state index contributed by atoms with van der Waals surface area (Å²) in [6, 6.07) is 0. The standard InChI is InChI=1S/C12H25NO2/c1-11(2)15-8-4-6-13-9-12-5-3-7-14-10-12/h11-13H,3-10H2,1-2H3. The van der Waals surface area contributed by atoms with Crippen LogP contribution in [-0.2, 0) is 9.47 Å². The van der Waals surface area contributed by atoms with Gasteiger partial charge in [-0.25, -0.2) is 0 Å². The quantitative estimate of drug-likeness (QED) is 0.657. The molecule has 0 aromatic heterocycles. The third-order valence-corrected chi connectivity index (χ3v) is 2.64. The summed E-state index contributed by atoms with van der Waals surface area (Å²) in [6.45, 7) is 9.07. The van der Waals surface area contributed by atoms with E-state index >= 15 is 0 Å². The molecule has 0 saturated carbocycles. The lowest BCUT2D eigenvalue weighted by Crippen LogP contribution is -2.30. The summed E-state index contributed by atoms with van der Waals surface area (Å²) < 4.78 is 10.9. The summed E-state index contributed by atoms with van der Waals surface area (Å²) in [6.07, 6.45) is 4.00. The molecular formula is C12H25NO2. The first-order chi connectivity index (χ1) is 7.29. The van der Waals surface area contributed by atoms with E-state index in [2.05, 4.69) is 19.2 Å². The topological polar surface area (TPSA) is 30.5 Å². The molecule has 0 aliphatic carbocycles. The van der Waals surface area contributed by atoms with Crippen molar-refractivity contribution in [3.63, 3.8) is 0 Å². The average molecular weight is 215 g/mol. The minimum absolute atomic E-state index is 0.358. The highest BCUT2D eigenvalue weighted by Gasteiger charge is 2.12. The summed E-state index contributed by atoms with van der Waals surface area (Å²) in [5.41, 5.74) is 0. The molecular weight excluding hydrogens is 190 g/mol. The van der Waals surface area contributed by atoms with E-state index < -0.39 is 0 Å². The molecule has 0 aromatic rings. The second-order valence-corrected chi connectivity index (χ2v) is 4.56. The third-order valence-electron chi connectivity index (χ3n) is 2.64. The first kappa shape index (κ1) is 12.9. The molecule has 0 aromatic carbocycles. The predicted molar refractivity (Wildman–Crippen MR) is 62.1 cm³/mol. The van der Waals surface area contributed by atoms with Gasteiger partial charge in [-0.05, 0) is 45.6 Å². The Labute approximate surface area is 93.5 Å². The molecule has 0 bridgehead atoms. The minimum Gasteiger partial charge on any atom is -0.381 e. The van der Waals surface area contributed by atoms with Crippen LogP contribution in [-0.4, -0.2) is 39.0 Å². The number of nitrogens with one attached hydrogen (secondary N) is 1. The first-order valence-corrected chi connectivity index (χ1v) is 6.19. The van der Waals surface area contributed by atoms with Gasteiger partial charge in [0.2, 0.25) is 0 Å². The maximum atomic E-state index is 5.47. The Hall–Kier alpha value is -0.120. The van der Waals surface area contributed by atoms with E-state index in [-0.39, 0.29) is 0 Å². The van der Waals surface area contributed by atoms with E-state index in [1.807, 2.05) is 0 Å². The number of hydrogen-bond acceptors (Lipinski definition) is 3. The highest BCUT2D eigenvalue weighted by atomic mass is 16.5. The summed E-state index contributed by atoms with van der Waals surface area (Å²) in [4.78, 5) is 0. The molecule has 0 spiro atoms. The smallest absolute Gasteiger partial charge is 0.0518 e. The van der Waals surface area contributed by atoms with Gasteiger partial charge in [-0.15, -0.1) is 0 Å². The minimum atomic E-state index is 0.358. The summed E-state index contributed by atoms with van der Waals surface area (Å²) in [7, 11) is 0. The van der Waals surface area contributed by atoms with Crippen molar-refractivity contribution in [2.45, 2.75) is 39.2 Å². The van der Waals surface area contributed by atoms with Gasteiger partial charge in [0.05, 0.1) is 12.7 Å². The zero-order valence-electron chi connectivity index (χ0n) is 10.1. The van der Waals surface area contributed by atoms with E-state index in [1.54, 1.807) is 0 Å². The highest BCUT2D eigenvalue weighted by Crippen LogP contribution is 2.11. The Morgan fingerprint density at radius 1 is 1.47 bits per heavy atom. The molecule has 1 aliphatic heterocycles. The van der Waals surface area contributed by atoms with E-state index in [9.17, 15) is 0 Å². The Kier molecular flexibility index (Phi) is 6.98. The first-order valence-electron chi connectivity index (χ1n) is 6.19. The van der Waals surface area contributed by atoms with E-state index in [1.165, 1.54) is 12.8 Å². The monoisotopic (exact) mass is 215 g/mol. The number of ether oxygens (including phenoxy) is 2. The van der Waals surface area contributed by atoms with Gasteiger partial charge in [0.25, 0.3) is 0 Å². The predicted octanol–water partition coefficient (Wildman–Crippen LogP) is 1.82. The van der Waals surface area contributed by atoms with Crippen LogP contribution in [0.4, 0.5) is 0 Å². The van der Waals surface area contributed by atoms with E-state index in [0.717, 1.165) is 45.2 Å². The van der Waals surface area contributed by atoms with Gasteiger partial charge in [0.1, 0.15) is 0 Å². The fourth-order valence-corrected chi connectivity index (χ4v) is 1.79. The summed E-state index contributed by atoms with van der Waals surface area (Å²) in [5.74, 6) is 0.727.